The van der Waals surface area contributed by atoms with Gasteiger partial charge in [0, 0.05) is 12.1 Å². The van der Waals surface area contributed by atoms with Crippen LogP contribution in [0.4, 0.5) is 0 Å². The average molecular weight is 282 g/mol. The van der Waals surface area contributed by atoms with Crippen LogP contribution in [-0.4, -0.2) is 45.0 Å². The second-order valence-electron chi connectivity index (χ2n) is 5.68. The zero-order chi connectivity index (χ0) is 14.7. The van der Waals surface area contributed by atoms with Crippen molar-refractivity contribution in [3.63, 3.8) is 0 Å². The molecule has 1 heterocycles. The van der Waals surface area contributed by atoms with E-state index in [-0.39, 0.29) is 24.8 Å². The van der Waals surface area contributed by atoms with Gasteiger partial charge in [0.05, 0.1) is 18.1 Å². The number of aliphatic carboxylic acids is 1. The topological polar surface area (TPSA) is 90.2 Å². The molecule has 0 aromatic heterocycles. The quantitative estimate of drug-likeness (QED) is 0.762. The van der Waals surface area contributed by atoms with Crippen LogP contribution in [0, 0.1) is 5.92 Å². The van der Waals surface area contributed by atoms with Crippen molar-refractivity contribution in [2.24, 2.45) is 11.0 Å². The first-order valence-corrected chi connectivity index (χ1v) is 7.28. The van der Waals surface area contributed by atoms with Crippen LogP contribution in [-0.2, 0) is 9.59 Å². The lowest BCUT2D eigenvalue weighted by Crippen LogP contribution is -2.43. The summed E-state index contributed by atoms with van der Waals surface area (Å²) in [6, 6.07) is -0.255. The van der Waals surface area contributed by atoms with Gasteiger partial charge in [-0.1, -0.05) is 19.3 Å². The summed E-state index contributed by atoms with van der Waals surface area (Å²) in [5, 5.41) is 24.6. The predicted octanol–water partition coefficient (Wildman–Crippen LogP) is 1.38. The van der Waals surface area contributed by atoms with Crippen LogP contribution in [0.2, 0.25) is 0 Å². The third-order valence-electron chi connectivity index (χ3n) is 4.20. The lowest BCUT2D eigenvalue weighted by molar-refractivity contribution is -0.138. The molecule has 0 spiro atoms. The van der Waals surface area contributed by atoms with Gasteiger partial charge in [0.25, 0.3) is 5.91 Å². The van der Waals surface area contributed by atoms with Gasteiger partial charge in [-0.3, -0.25) is 9.59 Å². The standard InChI is InChI=1S/C14H22N2O4/c1-9-10(7-8-13(18)19)14(20)16(15-9)11-5-3-2-4-6-12(11)17/h10-12,17H,2-8H2,1H3,(H,18,19). The van der Waals surface area contributed by atoms with Gasteiger partial charge in [0.15, 0.2) is 0 Å². The first kappa shape index (κ1) is 15.0. The van der Waals surface area contributed by atoms with E-state index in [0.29, 0.717) is 12.1 Å². The normalized spacial score (nSPS) is 31.1. The summed E-state index contributed by atoms with van der Waals surface area (Å²) >= 11 is 0. The van der Waals surface area contributed by atoms with Crippen LogP contribution in [0.1, 0.15) is 51.9 Å². The number of carbonyl (C=O) groups excluding carboxylic acids is 1. The number of carboxylic acid groups (broad SMARTS) is 1. The molecule has 0 bridgehead atoms. The Hall–Kier alpha value is -1.43. The van der Waals surface area contributed by atoms with Crippen LogP contribution < -0.4 is 0 Å². The third-order valence-corrected chi connectivity index (χ3v) is 4.20. The van der Waals surface area contributed by atoms with E-state index < -0.39 is 18.0 Å². The van der Waals surface area contributed by atoms with Gasteiger partial charge >= 0.3 is 5.97 Å². The molecule has 1 fully saturated rings. The largest absolute Gasteiger partial charge is 0.481 e. The van der Waals surface area contributed by atoms with Gasteiger partial charge in [0.1, 0.15) is 0 Å². The number of hydrogen-bond donors (Lipinski definition) is 2. The fourth-order valence-electron chi connectivity index (χ4n) is 3.02. The second kappa shape index (κ2) is 6.35. The average Bonchev–Trinajstić information content (AvgIpc) is 2.55. The molecular formula is C14H22N2O4. The van der Waals surface area contributed by atoms with Crippen LogP contribution in [0.15, 0.2) is 5.10 Å². The monoisotopic (exact) mass is 282 g/mol. The van der Waals surface area contributed by atoms with E-state index in [4.69, 9.17) is 5.11 Å². The van der Waals surface area contributed by atoms with Gasteiger partial charge in [-0.05, 0) is 26.2 Å². The second-order valence-corrected chi connectivity index (χ2v) is 5.68. The smallest absolute Gasteiger partial charge is 0.303 e. The molecule has 112 valence electrons. The van der Waals surface area contributed by atoms with Crippen molar-refractivity contribution in [1.29, 1.82) is 0 Å². The number of aliphatic hydroxyl groups excluding tert-OH is 1. The predicted molar refractivity (Wildman–Crippen MR) is 73.2 cm³/mol. The van der Waals surface area contributed by atoms with Crippen LogP contribution in [0.5, 0.6) is 0 Å². The summed E-state index contributed by atoms with van der Waals surface area (Å²) in [4.78, 5) is 23.0. The lowest BCUT2D eigenvalue weighted by atomic mass is 9.97. The molecule has 1 amide bonds. The Morgan fingerprint density at radius 1 is 1.35 bits per heavy atom. The first-order chi connectivity index (χ1) is 9.50. The van der Waals surface area contributed by atoms with Crippen molar-refractivity contribution in [2.45, 2.75) is 64.0 Å². The molecule has 1 saturated carbocycles. The molecule has 3 atom stereocenters. The molecule has 2 aliphatic rings. The van der Waals surface area contributed by atoms with E-state index in [1.165, 1.54) is 5.01 Å². The van der Waals surface area contributed by atoms with Crippen molar-refractivity contribution in [3.8, 4) is 0 Å². The zero-order valence-electron chi connectivity index (χ0n) is 11.8. The maximum atomic E-state index is 12.4. The maximum absolute atomic E-state index is 12.4. The summed E-state index contributed by atoms with van der Waals surface area (Å²) in [7, 11) is 0. The summed E-state index contributed by atoms with van der Waals surface area (Å²) in [5.74, 6) is -1.50. The third kappa shape index (κ3) is 3.17. The summed E-state index contributed by atoms with van der Waals surface area (Å²) in [6.45, 7) is 1.76. The van der Waals surface area contributed by atoms with Crippen molar-refractivity contribution in [2.75, 3.05) is 0 Å². The Labute approximate surface area is 118 Å². The van der Waals surface area contributed by atoms with E-state index in [1.807, 2.05) is 0 Å². The van der Waals surface area contributed by atoms with Crippen molar-refractivity contribution in [3.05, 3.63) is 0 Å². The Kier molecular flexibility index (Phi) is 4.75. The number of hydrazone groups is 1. The zero-order valence-corrected chi connectivity index (χ0v) is 11.8. The van der Waals surface area contributed by atoms with Gasteiger partial charge in [0.2, 0.25) is 0 Å². The minimum atomic E-state index is -0.904. The van der Waals surface area contributed by atoms with E-state index in [1.54, 1.807) is 6.92 Å². The first-order valence-electron chi connectivity index (χ1n) is 7.28. The Balaban J connectivity index is 2.06. The molecule has 0 saturated heterocycles. The molecule has 0 aromatic carbocycles. The van der Waals surface area contributed by atoms with E-state index in [0.717, 1.165) is 25.7 Å². The van der Waals surface area contributed by atoms with Crippen molar-refractivity contribution < 1.29 is 19.8 Å². The highest BCUT2D eigenvalue weighted by atomic mass is 16.4. The van der Waals surface area contributed by atoms with E-state index in [2.05, 4.69) is 5.10 Å². The van der Waals surface area contributed by atoms with Crippen molar-refractivity contribution in [1.82, 2.24) is 5.01 Å². The van der Waals surface area contributed by atoms with E-state index >= 15 is 0 Å². The molecular weight excluding hydrogens is 260 g/mol. The van der Waals surface area contributed by atoms with Crippen LogP contribution in [0.25, 0.3) is 0 Å². The maximum Gasteiger partial charge on any atom is 0.303 e. The molecule has 2 rings (SSSR count). The fourth-order valence-corrected chi connectivity index (χ4v) is 3.02. The van der Waals surface area contributed by atoms with Crippen LogP contribution in [0.3, 0.4) is 0 Å². The molecule has 20 heavy (non-hydrogen) atoms. The minimum Gasteiger partial charge on any atom is -0.481 e. The number of carbonyl (C=O) groups is 2. The molecule has 1 aliphatic heterocycles. The Bertz CT molecular complexity index is 421. The van der Waals surface area contributed by atoms with Crippen molar-refractivity contribution >= 4 is 17.6 Å². The molecule has 6 nitrogen and oxygen atoms in total. The summed E-state index contributed by atoms with van der Waals surface area (Å²) in [6.07, 6.45) is 4.20. The fraction of sp³-hybridized carbons (Fsp3) is 0.786. The van der Waals surface area contributed by atoms with Gasteiger partial charge in [-0.2, -0.15) is 5.10 Å². The van der Waals surface area contributed by atoms with Gasteiger partial charge in [-0.15, -0.1) is 0 Å². The highest BCUT2D eigenvalue weighted by Crippen LogP contribution is 2.29. The Morgan fingerprint density at radius 2 is 2.05 bits per heavy atom. The van der Waals surface area contributed by atoms with Gasteiger partial charge < -0.3 is 10.2 Å². The SMILES string of the molecule is CC1=NN(C2CCCCCC2O)C(=O)C1CCC(=O)O. The molecule has 0 aromatic rings. The summed E-state index contributed by atoms with van der Waals surface area (Å²) < 4.78 is 0. The number of amides is 1. The number of aliphatic hydroxyl groups is 1. The summed E-state index contributed by atoms with van der Waals surface area (Å²) in [5.41, 5.74) is 0.660. The minimum absolute atomic E-state index is 0.0374. The highest BCUT2D eigenvalue weighted by Gasteiger charge is 2.40. The molecule has 6 heteroatoms. The highest BCUT2D eigenvalue weighted by molar-refractivity contribution is 6.07. The molecule has 0 radical (unpaired) electrons. The number of rotatable bonds is 4. The molecule has 2 N–H and O–H groups in total. The molecule has 1 aliphatic carbocycles. The number of hydrogen-bond acceptors (Lipinski definition) is 4. The van der Waals surface area contributed by atoms with Crippen LogP contribution >= 0.6 is 0 Å². The van der Waals surface area contributed by atoms with E-state index in [9.17, 15) is 14.7 Å². The molecule has 3 unspecified atom stereocenters. The Morgan fingerprint density at radius 3 is 2.75 bits per heavy atom. The number of carboxylic acids is 1. The lowest BCUT2D eigenvalue weighted by Gasteiger charge is -2.28. The van der Waals surface area contributed by atoms with Gasteiger partial charge in [-0.25, -0.2) is 5.01 Å². The number of nitrogens with zero attached hydrogens (tertiary/aromatic N) is 2.